The SMILES string of the molecule is C/C(C(=O)c1ccccc1)=C(/CC(=O)c1ccc(C)cc1)c1ccccc1. The average molecular weight is 354 g/mol. The summed E-state index contributed by atoms with van der Waals surface area (Å²) in [6, 6.07) is 26.4. The molecule has 27 heavy (non-hydrogen) atoms. The second kappa shape index (κ2) is 8.41. The summed E-state index contributed by atoms with van der Waals surface area (Å²) in [7, 11) is 0. The van der Waals surface area contributed by atoms with Gasteiger partial charge in [-0.05, 0) is 25.0 Å². The molecule has 3 aromatic carbocycles. The van der Waals surface area contributed by atoms with Crippen molar-refractivity contribution in [2.45, 2.75) is 20.3 Å². The first-order valence-corrected chi connectivity index (χ1v) is 9.01. The van der Waals surface area contributed by atoms with Crippen molar-refractivity contribution in [3.8, 4) is 0 Å². The van der Waals surface area contributed by atoms with E-state index in [0.717, 1.165) is 16.7 Å². The molecule has 0 aromatic heterocycles. The lowest BCUT2D eigenvalue weighted by Crippen LogP contribution is -2.08. The Morgan fingerprint density at radius 2 is 1.19 bits per heavy atom. The van der Waals surface area contributed by atoms with Gasteiger partial charge in [-0.25, -0.2) is 0 Å². The van der Waals surface area contributed by atoms with Crippen molar-refractivity contribution in [1.29, 1.82) is 0 Å². The fourth-order valence-electron chi connectivity index (χ4n) is 3.04. The quantitative estimate of drug-likeness (QED) is 0.406. The number of hydrogen-bond acceptors (Lipinski definition) is 2. The molecule has 0 fully saturated rings. The fraction of sp³-hybridized carbons (Fsp3) is 0.120. The summed E-state index contributed by atoms with van der Waals surface area (Å²) < 4.78 is 0. The molecule has 0 aliphatic carbocycles. The molecule has 0 heterocycles. The van der Waals surface area contributed by atoms with Crippen molar-refractivity contribution in [2.75, 3.05) is 0 Å². The zero-order chi connectivity index (χ0) is 19.2. The van der Waals surface area contributed by atoms with Crippen molar-refractivity contribution in [3.05, 3.63) is 113 Å². The van der Waals surface area contributed by atoms with Gasteiger partial charge in [0.2, 0.25) is 0 Å². The maximum absolute atomic E-state index is 13.0. The van der Waals surface area contributed by atoms with E-state index in [1.165, 1.54) is 0 Å². The summed E-state index contributed by atoms with van der Waals surface area (Å²) in [5.74, 6) is -0.0415. The monoisotopic (exact) mass is 354 g/mol. The predicted octanol–water partition coefficient (Wildman–Crippen LogP) is 5.92. The highest BCUT2D eigenvalue weighted by atomic mass is 16.1. The van der Waals surface area contributed by atoms with E-state index in [9.17, 15) is 9.59 Å². The Morgan fingerprint density at radius 1 is 0.667 bits per heavy atom. The molecule has 0 atom stereocenters. The molecule has 0 amide bonds. The van der Waals surface area contributed by atoms with Crippen LogP contribution in [0.15, 0.2) is 90.5 Å². The van der Waals surface area contributed by atoms with Crippen molar-refractivity contribution >= 4 is 17.1 Å². The van der Waals surface area contributed by atoms with E-state index in [2.05, 4.69) is 0 Å². The van der Waals surface area contributed by atoms with E-state index < -0.39 is 0 Å². The van der Waals surface area contributed by atoms with Crippen LogP contribution in [0, 0.1) is 6.92 Å². The molecule has 0 radical (unpaired) electrons. The normalized spacial score (nSPS) is 11.6. The Labute approximate surface area is 160 Å². The van der Waals surface area contributed by atoms with E-state index in [1.54, 1.807) is 19.1 Å². The highest BCUT2D eigenvalue weighted by molar-refractivity contribution is 6.15. The van der Waals surface area contributed by atoms with Crippen LogP contribution in [0.25, 0.3) is 5.57 Å². The number of benzene rings is 3. The number of Topliss-reactive ketones (excluding diaryl/α,β-unsaturated/α-hetero) is 2. The molecular weight excluding hydrogens is 332 g/mol. The third-order valence-corrected chi connectivity index (χ3v) is 4.66. The third kappa shape index (κ3) is 4.48. The van der Waals surface area contributed by atoms with Crippen molar-refractivity contribution < 1.29 is 9.59 Å². The number of carbonyl (C=O) groups excluding carboxylic acids is 2. The molecule has 0 aliphatic heterocycles. The van der Waals surface area contributed by atoms with Gasteiger partial charge < -0.3 is 0 Å². The molecule has 0 unspecified atom stereocenters. The molecule has 134 valence electrons. The van der Waals surface area contributed by atoms with Gasteiger partial charge in [0, 0.05) is 23.1 Å². The van der Waals surface area contributed by atoms with Crippen LogP contribution in [0.1, 0.15) is 45.2 Å². The highest BCUT2D eigenvalue weighted by Gasteiger charge is 2.18. The summed E-state index contributed by atoms with van der Waals surface area (Å²) in [6.07, 6.45) is 0.192. The Balaban J connectivity index is 2.00. The van der Waals surface area contributed by atoms with Crippen molar-refractivity contribution in [3.63, 3.8) is 0 Å². The van der Waals surface area contributed by atoms with E-state index in [4.69, 9.17) is 0 Å². The number of rotatable bonds is 6. The molecule has 0 spiro atoms. The number of aryl methyl sites for hydroxylation is 1. The summed E-state index contributed by atoms with van der Waals surface area (Å²) >= 11 is 0. The van der Waals surface area contributed by atoms with E-state index in [-0.39, 0.29) is 18.0 Å². The molecule has 3 rings (SSSR count). The van der Waals surface area contributed by atoms with E-state index in [1.807, 2.05) is 79.7 Å². The molecule has 3 aromatic rings. The number of allylic oxidation sites excluding steroid dienone is 2. The van der Waals surface area contributed by atoms with Gasteiger partial charge in [-0.2, -0.15) is 0 Å². The summed E-state index contributed by atoms with van der Waals surface area (Å²) in [5, 5.41) is 0. The van der Waals surface area contributed by atoms with Crippen LogP contribution in [0.4, 0.5) is 0 Å². The lowest BCUT2D eigenvalue weighted by atomic mass is 9.90. The molecular formula is C25H22O2. The van der Waals surface area contributed by atoms with Crippen LogP contribution in [-0.2, 0) is 0 Å². The number of ketones is 2. The van der Waals surface area contributed by atoms with Crippen LogP contribution in [-0.4, -0.2) is 11.6 Å². The minimum atomic E-state index is -0.0499. The van der Waals surface area contributed by atoms with Gasteiger partial charge in [-0.15, -0.1) is 0 Å². The minimum Gasteiger partial charge on any atom is -0.294 e. The molecule has 2 nitrogen and oxygen atoms in total. The Bertz CT molecular complexity index is 966. The third-order valence-electron chi connectivity index (χ3n) is 4.66. The fourth-order valence-corrected chi connectivity index (χ4v) is 3.04. The van der Waals surface area contributed by atoms with E-state index >= 15 is 0 Å². The maximum atomic E-state index is 13.0. The molecule has 0 bridgehead atoms. The number of carbonyl (C=O) groups is 2. The summed E-state index contributed by atoms with van der Waals surface area (Å²) in [6.45, 7) is 3.80. The smallest absolute Gasteiger partial charge is 0.189 e. The first-order valence-electron chi connectivity index (χ1n) is 9.01. The van der Waals surface area contributed by atoms with Crippen LogP contribution in [0.2, 0.25) is 0 Å². The topological polar surface area (TPSA) is 34.1 Å². The molecule has 0 saturated heterocycles. The molecule has 0 N–H and O–H groups in total. The lowest BCUT2D eigenvalue weighted by molar-refractivity contribution is 0.0998. The van der Waals surface area contributed by atoms with Crippen LogP contribution in [0.3, 0.4) is 0 Å². The average Bonchev–Trinajstić information content (AvgIpc) is 2.72. The summed E-state index contributed by atoms with van der Waals surface area (Å²) in [4.78, 5) is 25.8. The number of hydrogen-bond donors (Lipinski definition) is 0. The first-order chi connectivity index (χ1) is 13.1. The Kier molecular flexibility index (Phi) is 5.77. The molecule has 2 heteroatoms. The molecule has 0 saturated carbocycles. The van der Waals surface area contributed by atoms with Gasteiger partial charge >= 0.3 is 0 Å². The standard InChI is InChI=1S/C25H22O2/c1-18-13-15-21(16-14-18)24(26)17-23(20-9-5-3-6-10-20)19(2)25(27)22-11-7-4-8-12-22/h3-16H,17H2,1-2H3/b23-19+. The van der Waals surface area contributed by atoms with Gasteiger partial charge in [-0.1, -0.05) is 90.5 Å². The van der Waals surface area contributed by atoms with Gasteiger partial charge in [0.15, 0.2) is 11.6 Å². The van der Waals surface area contributed by atoms with Crippen molar-refractivity contribution in [1.82, 2.24) is 0 Å². The first kappa shape index (κ1) is 18.5. The lowest BCUT2D eigenvalue weighted by Gasteiger charge is -2.12. The Morgan fingerprint density at radius 3 is 1.74 bits per heavy atom. The van der Waals surface area contributed by atoms with Crippen LogP contribution < -0.4 is 0 Å². The van der Waals surface area contributed by atoms with Crippen LogP contribution in [0.5, 0.6) is 0 Å². The largest absolute Gasteiger partial charge is 0.294 e. The molecule has 0 aliphatic rings. The predicted molar refractivity (Wildman–Crippen MR) is 110 cm³/mol. The second-order valence-corrected chi connectivity index (χ2v) is 6.63. The Hall–Kier alpha value is -3.26. The highest BCUT2D eigenvalue weighted by Crippen LogP contribution is 2.26. The van der Waals surface area contributed by atoms with Gasteiger partial charge in [0.1, 0.15) is 0 Å². The zero-order valence-electron chi connectivity index (χ0n) is 15.6. The van der Waals surface area contributed by atoms with Crippen molar-refractivity contribution in [2.24, 2.45) is 0 Å². The van der Waals surface area contributed by atoms with Gasteiger partial charge in [-0.3, -0.25) is 9.59 Å². The minimum absolute atomic E-state index is 0.00839. The van der Waals surface area contributed by atoms with Gasteiger partial charge in [0.05, 0.1) is 0 Å². The van der Waals surface area contributed by atoms with E-state index in [0.29, 0.717) is 16.7 Å². The zero-order valence-corrected chi connectivity index (χ0v) is 15.6. The summed E-state index contributed by atoms with van der Waals surface area (Å²) in [5.41, 5.74) is 4.68. The second-order valence-electron chi connectivity index (χ2n) is 6.63. The maximum Gasteiger partial charge on any atom is 0.189 e. The van der Waals surface area contributed by atoms with Gasteiger partial charge in [0.25, 0.3) is 0 Å². The van der Waals surface area contributed by atoms with Crippen LogP contribution >= 0.6 is 0 Å².